The number of hydrogen-bond donors (Lipinski definition) is 1. The summed E-state index contributed by atoms with van der Waals surface area (Å²) in [6, 6.07) is 22.0. The zero-order valence-corrected chi connectivity index (χ0v) is 18.0. The highest BCUT2D eigenvalue weighted by Gasteiger charge is 2.06. The smallest absolute Gasteiger partial charge is 0.203 e. The van der Waals surface area contributed by atoms with Crippen LogP contribution in [0, 0.1) is 0 Å². The van der Waals surface area contributed by atoms with Gasteiger partial charge >= 0.3 is 0 Å². The molecule has 0 radical (unpaired) electrons. The Morgan fingerprint density at radius 3 is 2.77 bits per heavy atom. The van der Waals surface area contributed by atoms with E-state index in [2.05, 4.69) is 26.6 Å². The molecule has 2 aromatic carbocycles. The minimum absolute atomic E-state index is 0.754. The number of ether oxygens (including phenoxy) is 1. The molecule has 4 rings (SSSR count). The molecule has 0 aliphatic heterocycles. The number of anilines is 1. The van der Waals surface area contributed by atoms with Crippen LogP contribution < -0.4 is 10.2 Å². The zero-order valence-electron chi connectivity index (χ0n) is 16.4. The lowest BCUT2D eigenvalue weighted by molar-refractivity contribution is 0.411. The number of hydrogen-bond acceptors (Lipinski definition) is 7. The van der Waals surface area contributed by atoms with Crippen LogP contribution in [0.25, 0.3) is 11.3 Å². The summed E-state index contributed by atoms with van der Waals surface area (Å²) in [6.07, 6.45) is 3.59. The highest BCUT2D eigenvalue weighted by Crippen LogP contribution is 2.28. The zero-order chi connectivity index (χ0) is 20.6. The van der Waals surface area contributed by atoms with Crippen molar-refractivity contribution in [2.24, 2.45) is 5.10 Å². The fraction of sp³-hybridized carbons (Fsp3) is 0.0870. The number of rotatable bonds is 8. The van der Waals surface area contributed by atoms with E-state index in [1.54, 1.807) is 31.3 Å². The number of pyridine rings is 1. The van der Waals surface area contributed by atoms with Crippen molar-refractivity contribution in [3.63, 3.8) is 0 Å². The van der Waals surface area contributed by atoms with Gasteiger partial charge in [0.15, 0.2) is 0 Å². The van der Waals surface area contributed by atoms with E-state index in [4.69, 9.17) is 4.74 Å². The van der Waals surface area contributed by atoms with Crippen molar-refractivity contribution < 1.29 is 4.74 Å². The number of thiazole rings is 1. The second-order valence-corrected chi connectivity index (χ2v) is 8.16. The molecule has 30 heavy (non-hydrogen) atoms. The van der Waals surface area contributed by atoms with Gasteiger partial charge in [0, 0.05) is 28.5 Å². The van der Waals surface area contributed by atoms with E-state index in [9.17, 15) is 0 Å². The van der Waals surface area contributed by atoms with Gasteiger partial charge < -0.3 is 4.74 Å². The van der Waals surface area contributed by atoms with E-state index < -0.39 is 0 Å². The minimum atomic E-state index is 0.754. The Hall–Kier alpha value is -3.16. The average molecular weight is 433 g/mol. The maximum absolute atomic E-state index is 5.51. The average Bonchev–Trinajstić information content (AvgIpc) is 3.28. The van der Waals surface area contributed by atoms with Gasteiger partial charge in [0.25, 0.3) is 0 Å². The van der Waals surface area contributed by atoms with E-state index in [-0.39, 0.29) is 0 Å². The molecule has 0 spiro atoms. The monoisotopic (exact) mass is 432 g/mol. The van der Waals surface area contributed by atoms with Crippen LogP contribution in [0.4, 0.5) is 5.13 Å². The molecule has 0 atom stereocenters. The highest BCUT2D eigenvalue weighted by atomic mass is 32.2. The summed E-state index contributed by atoms with van der Waals surface area (Å²) in [5.74, 6) is 1.62. The second-order valence-electron chi connectivity index (χ2n) is 6.30. The molecule has 150 valence electrons. The third kappa shape index (κ3) is 5.25. The standard InChI is InChI=1S/C23H20N4OS2/c1-28-21-11-10-17(13-19(21)15-29-22-9-5-6-12-24-22)14-25-27-23-26-20(16-30-23)18-7-3-2-4-8-18/h2-14,16H,15H2,1H3,(H,26,27). The molecule has 1 N–H and O–H groups in total. The predicted molar refractivity (Wildman–Crippen MR) is 126 cm³/mol. The fourth-order valence-electron chi connectivity index (χ4n) is 2.80. The Morgan fingerprint density at radius 1 is 1.10 bits per heavy atom. The van der Waals surface area contributed by atoms with Gasteiger partial charge in [-0.2, -0.15) is 5.10 Å². The van der Waals surface area contributed by atoms with E-state index >= 15 is 0 Å². The Labute approximate surface area is 183 Å². The molecule has 5 nitrogen and oxygen atoms in total. The number of thioether (sulfide) groups is 1. The van der Waals surface area contributed by atoms with Crippen LogP contribution in [0.15, 0.2) is 88.4 Å². The Kier molecular flexibility index (Phi) is 6.74. The third-order valence-corrected chi connectivity index (χ3v) is 6.00. The first-order valence-corrected chi connectivity index (χ1v) is 11.2. The number of methoxy groups -OCH3 is 1. The van der Waals surface area contributed by atoms with Gasteiger partial charge in [-0.15, -0.1) is 23.1 Å². The van der Waals surface area contributed by atoms with Gasteiger partial charge in [-0.05, 0) is 35.9 Å². The number of nitrogens with zero attached hydrogens (tertiary/aromatic N) is 3. The number of nitrogens with one attached hydrogen (secondary N) is 1. The molecule has 2 aromatic heterocycles. The van der Waals surface area contributed by atoms with Gasteiger partial charge in [0.2, 0.25) is 5.13 Å². The molecule has 0 aliphatic rings. The van der Waals surface area contributed by atoms with Crippen molar-refractivity contribution in [1.29, 1.82) is 0 Å². The Bertz CT molecular complexity index is 1110. The van der Waals surface area contributed by atoms with Crippen LogP contribution in [-0.2, 0) is 5.75 Å². The number of hydrazone groups is 1. The van der Waals surface area contributed by atoms with Gasteiger partial charge in [-0.25, -0.2) is 9.97 Å². The molecule has 0 aliphatic carbocycles. The topological polar surface area (TPSA) is 59.4 Å². The first-order chi connectivity index (χ1) is 14.8. The second kappa shape index (κ2) is 10.0. The van der Waals surface area contributed by atoms with Crippen molar-refractivity contribution in [3.8, 4) is 17.0 Å². The molecule has 4 aromatic rings. The summed E-state index contributed by atoms with van der Waals surface area (Å²) in [5, 5.41) is 8.11. The van der Waals surface area contributed by atoms with Crippen LogP contribution in [0.3, 0.4) is 0 Å². The first kappa shape index (κ1) is 20.1. The largest absolute Gasteiger partial charge is 0.496 e. The van der Waals surface area contributed by atoms with Crippen molar-refractivity contribution in [2.75, 3.05) is 12.5 Å². The van der Waals surface area contributed by atoms with Crippen molar-refractivity contribution in [2.45, 2.75) is 10.8 Å². The van der Waals surface area contributed by atoms with Gasteiger partial charge in [0.05, 0.1) is 24.0 Å². The van der Waals surface area contributed by atoms with Crippen LogP contribution >= 0.6 is 23.1 Å². The van der Waals surface area contributed by atoms with Crippen LogP contribution in [0.1, 0.15) is 11.1 Å². The van der Waals surface area contributed by atoms with Crippen molar-refractivity contribution in [3.05, 3.63) is 89.4 Å². The quantitative estimate of drug-likeness (QED) is 0.212. The molecule has 2 heterocycles. The summed E-state index contributed by atoms with van der Waals surface area (Å²) in [5.41, 5.74) is 7.14. The van der Waals surface area contributed by atoms with Gasteiger partial charge in [-0.1, -0.05) is 36.4 Å². The maximum Gasteiger partial charge on any atom is 0.203 e. The van der Waals surface area contributed by atoms with Crippen molar-refractivity contribution in [1.82, 2.24) is 9.97 Å². The molecule has 0 fully saturated rings. The molecule has 0 bridgehead atoms. The van der Waals surface area contributed by atoms with Crippen LogP contribution in [0.5, 0.6) is 5.75 Å². The summed E-state index contributed by atoms with van der Waals surface area (Å²) in [6.45, 7) is 0. The molecular formula is C23H20N4OS2. The van der Waals surface area contributed by atoms with Crippen LogP contribution in [0.2, 0.25) is 0 Å². The lowest BCUT2D eigenvalue weighted by atomic mass is 10.1. The summed E-state index contributed by atoms with van der Waals surface area (Å²) < 4.78 is 5.51. The first-order valence-electron chi connectivity index (χ1n) is 9.32. The minimum Gasteiger partial charge on any atom is -0.496 e. The van der Waals surface area contributed by atoms with Crippen molar-refractivity contribution >= 4 is 34.4 Å². The third-order valence-electron chi connectivity index (χ3n) is 4.27. The van der Waals surface area contributed by atoms with Gasteiger partial charge in [-0.3, -0.25) is 5.43 Å². The van der Waals surface area contributed by atoms with E-state index in [0.717, 1.165) is 44.0 Å². The number of aromatic nitrogens is 2. The predicted octanol–water partition coefficient (Wildman–Crippen LogP) is 5.95. The van der Waals surface area contributed by atoms with E-state index in [0.29, 0.717) is 0 Å². The molecule has 0 amide bonds. The Morgan fingerprint density at radius 2 is 1.97 bits per heavy atom. The van der Waals surface area contributed by atoms with E-state index in [1.807, 2.05) is 66.0 Å². The summed E-state index contributed by atoms with van der Waals surface area (Å²) in [7, 11) is 1.69. The van der Waals surface area contributed by atoms with E-state index in [1.165, 1.54) is 11.3 Å². The van der Waals surface area contributed by atoms with Crippen LogP contribution in [-0.4, -0.2) is 23.3 Å². The Balaban J connectivity index is 1.41. The fourth-order valence-corrected chi connectivity index (χ4v) is 4.31. The molecule has 0 saturated heterocycles. The molecular weight excluding hydrogens is 412 g/mol. The maximum atomic E-state index is 5.51. The molecule has 7 heteroatoms. The normalized spacial score (nSPS) is 11.0. The SMILES string of the molecule is COc1ccc(C=NNc2nc(-c3ccccc3)cs2)cc1CSc1ccccn1. The highest BCUT2D eigenvalue weighted by molar-refractivity contribution is 7.98. The molecule has 0 unspecified atom stereocenters. The summed E-state index contributed by atoms with van der Waals surface area (Å²) in [4.78, 5) is 8.94. The van der Waals surface area contributed by atoms with Gasteiger partial charge in [0.1, 0.15) is 5.75 Å². The lowest BCUT2D eigenvalue weighted by Crippen LogP contribution is -1.95. The summed E-state index contributed by atoms with van der Waals surface area (Å²) >= 11 is 3.20. The number of benzene rings is 2. The molecule has 0 saturated carbocycles. The lowest BCUT2D eigenvalue weighted by Gasteiger charge is -2.09.